The number of hydrogen-bond acceptors (Lipinski definition) is 4. The summed E-state index contributed by atoms with van der Waals surface area (Å²) in [4.78, 5) is 27.1. The summed E-state index contributed by atoms with van der Waals surface area (Å²) in [6.07, 6.45) is 3.64. The lowest BCUT2D eigenvalue weighted by Crippen LogP contribution is -2.57. The zero-order valence-corrected chi connectivity index (χ0v) is 16.0. The number of carboxylic acids is 1. The number of nitrogens with one attached hydrogen (secondary N) is 1. The summed E-state index contributed by atoms with van der Waals surface area (Å²) < 4.78 is 5.99. The molecule has 1 aliphatic heterocycles. The van der Waals surface area contributed by atoms with Gasteiger partial charge in [-0.25, -0.2) is 4.79 Å². The molecule has 7 heteroatoms. The molecule has 0 aromatic carbocycles. The molecule has 144 valence electrons. The van der Waals surface area contributed by atoms with Gasteiger partial charge in [-0.1, -0.05) is 6.92 Å². The molecular formula is C18H33N3O4. The number of likely N-dealkylation sites (N-methyl/N-ethyl adjacent to an activating group) is 1. The van der Waals surface area contributed by atoms with Crippen molar-refractivity contribution < 1.29 is 19.4 Å². The Kier molecular flexibility index (Phi) is 6.68. The monoisotopic (exact) mass is 355 g/mol. The van der Waals surface area contributed by atoms with E-state index in [0.717, 1.165) is 45.3 Å². The van der Waals surface area contributed by atoms with Gasteiger partial charge in [0.25, 0.3) is 0 Å². The fourth-order valence-corrected chi connectivity index (χ4v) is 3.62. The number of carbonyl (C=O) groups excluding carboxylic acids is 1. The third kappa shape index (κ3) is 6.15. The lowest BCUT2D eigenvalue weighted by Gasteiger charge is -2.43. The van der Waals surface area contributed by atoms with Gasteiger partial charge in [0, 0.05) is 25.2 Å². The molecule has 0 atom stereocenters. The summed E-state index contributed by atoms with van der Waals surface area (Å²) in [6.45, 7) is 10.4. The molecule has 0 bridgehead atoms. The number of carbonyl (C=O) groups is 2. The SMILES string of the molecule is CCN(CC(=O)O)C1CC(NC(=O)N2CCC(OC(C)(C)C)CC2)C1. The smallest absolute Gasteiger partial charge is 0.317 e. The van der Waals surface area contributed by atoms with Crippen LogP contribution in [0.5, 0.6) is 0 Å². The van der Waals surface area contributed by atoms with Crippen LogP contribution in [-0.2, 0) is 9.53 Å². The highest BCUT2D eigenvalue weighted by molar-refractivity contribution is 5.74. The van der Waals surface area contributed by atoms with Crippen molar-refractivity contribution >= 4 is 12.0 Å². The van der Waals surface area contributed by atoms with E-state index in [-0.39, 0.29) is 36.4 Å². The first kappa shape index (κ1) is 20.0. The van der Waals surface area contributed by atoms with Crippen molar-refractivity contribution in [3.8, 4) is 0 Å². The van der Waals surface area contributed by atoms with E-state index >= 15 is 0 Å². The average molecular weight is 355 g/mol. The first-order chi connectivity index (χ1) is 11.7. The number of aliphatic carboxylic acids is 1. The van der Waals surface area contributed by atoms with Crippen LogP contribution < -0.4 is 5.32 Å². The van der Waals surface area contributed by atoms with Crippen LogP contribution in [0.2, 0.25) is 0 Å². The number of nitrogens with zero attached hydrogens (tertiary/aromatic N) is 2. The quantitative estimate of drug-likeness (QED) is 0.761. The second-order valence-electron chi connectivity index (χ2n) is 8.15. The maximum atomic E-state index is 12.4. The van der Waals surface area contributed by atoms with Crippen LogP contribution in [0.15, 0.2) is 0 Å². The van der Waals surface area contributed by atoms with E-state index < -0.39 is 5.97 Å². The summed E-state index contributed by atoms with van der Waals surface area (Å²) in [5.41, 5.74) is -0.142. The summed E-state index contributed by atoms with van der Waals surface area (Å²) in [6, 6.07) is 0.417. The Morgan fingerprint density at radius 3 is 2.32 bits per heavy atom. The Hall–Kier alpha value is -1.34. The molecule has 0 unspecified atom stereocenters. The largest absolute Gasteiger partial charge is 0.480 e. The minimum atomic E-state index is -0.797. The highest BCUT2D eigenvalue weighted by Crippen LogP contribution is 2.26. The van der Waals surface area contributed by atoms with Gasteiger partial charge in [-0.05, 0) is 53.0 Å². The topological polar surface area (TPSA) is 82.1 Å². The molecule has 1 saturated heterocycles. The standard InChI is InChI=1S/C18H33N3O4/c1-5-20(12-16(22)23)14-10-13(11-14)19-17(24)21-8-6-15(7-9-21)25-18(2,3)4/h13-15H,5-12H2,1-4H3,(H,19,24)(H,22,23). The predicted octanol–water partition coefficient (Wildman–Crippen LogP) is 1.91. The van der Waals surface area contributed by atoms with Crippen molar-refractivity contribution in [2.75, 3.05) is 26.2 Å². The number of rotatable bonds is 6. The molecule has 0 aromatic heterocycles. The first-order valence-corrected chi connectivity index (χ1v) is 9.37. The number of piperidine rings is 1. The third-order valence-electron chi connectivity index (χ3n) is 4.95. The predicted molar refractivity (Wildman–Crippen MR) is 95.7 cm³/mol. The molecule has 0 radical (unpaired) electrons. The zero-order valence-electron chi connectivity index (χ0n) is 16.0. The number of carboxylic acid groups (broad SMARTS) is 1. The molecule has 0 spiro atoms. The van der Waals surface area contributed by atoms with Crippen molar-refractivity contribution in [1.29, 1.82) is 0 Å². The van der Waals surface area contributed by atoms with E-state index in [4.69, 9.17) is 9.84 Å². The minimum Gasteiger partial charge on any atom is -0.480 e. The van der Waals surface area contributed by atoms with Crippen molar-refractivity contribution in [3.05, 3.63) is 0 Å². The number of hydrogen-bond donors (Lipinski definition) is 2. The zero-order chi connectivity index (χ0) is 18.6. The van der Waals surface area contributed by atoms with Gasteiger partial charge in [-0.15, -0.1) is 0 Å². The Bertz CT molecular complexity index is 463. The van der Waals surface area contributed by atoms with Gasteiger partial charge < -0.3 is 20.1 Å². The van der Waals surface area contributed by atoms with Crippen LogP contribution in [-0.4, -0.2) is 76.9 Å². The molecule has 25 heavy (non-hydrogen) atoms. The number of likely N-dealkylation sites (tertiary alicyclic amines) is 1. The van der Waals surface area contributed by atoms with Crippen LogP contribution >= 0.6 is 0 Å². The number of amides is 2. The van der Waals surface area contributed by atoms with E-state index in [1.165, 1.54) is 0 Å². The third-order valence-corrected chi connectivity index (χ3v) is 4.95. The molecule has 2 N–H and O–H groups in total. The van der Waals surface area contributed by atoms with Crippen molar-refractivity contribution in [1.82, 2.24) is 15.1 Å². The summed E-state index contributed by atoms with van der Waals surface area (Å²) in [7, 11) is 0. The number of urea groups is 1. The van der Waals surface area contributed by atoms with Gasteiger partial charge in [0.1, 0.15) is 0 Å². The second-order valence-corrected chi connectivity index (χ2v) is 8.15. The van der Waals surface area contributed by atoms with Gasteiger partial charge in [0.15, 0.2) is 0 Å². The molecular weight excluding hydrogens is 322 g/mol. The van der Waals surface area contributed by atoms with Crippen LogP contribution in [0.1, 0.15) is 53.4 Å². The fourth-order valence-electron chi connectivity index (χ4n) is 3.62. The second kappa shape index (κ2) is 8.36. The fraction of sp³-hybridized carbons (Fsp3) is 0.889. The summed E-state index contributed by atoms with van der Waals surface area (Å²) >= 11 is 0. The number of ether oxygens (including phenoxy) is 1. The van der Waals surface area contributed by atoms with E-state index in [2.05, 4.69) is 26.1 Å². The van der Waals surface area contributed by atoms with Crippen LogP contribution in [0, 0.1) is 0 Å². The molecule has 2 rings (SSSR count). The normalized spacial score (nSPS) is 24.9. The maximum absolute atomic E-state index is 12.4. The summed E-state index contributed by atoms with van der Waals surface area (Å²) in [5.74, 6) is -0.797. The molecule has 2 amide bonds. The highest BCUT2D eigenvalue weighted by atomic mass is 16.5. The van der Waals surface area contributed by atoms with Crippen LogP contribution in [0.3, 0.4) is 0 Å². The molecule has 1 saturated carbocycles. The maximum Gasteiger partial charge on any atom is 0.317 e. The Balaban J connectivity index is 1.68. The first-order valence-electron chi connectivity index (χ1n) is 9.37. The molecule has 7 nitrogen and oxygen atoms in total. The molecule has 1 heterocycles. The Labute approximate surface area is 150 Å². The highest BCUT2D eigenvalue weighted by Gasteiger charge is 2.36. The van der Waals surface area contributed by atoms with Crippen molar-refractivity contribution in [3.63, 3.8) is 0 Å². The van der Waals surface area contributed by atoms with Gasteiger partial charge in [-0.3, -0.25) is 9.69 Å². The van der Waals surface area contributed by atoms with Gasteiger partial charge in [0.2, 0.25) is 0 Å². The molecule has 2 aliphatic rings. The lowest BCUT2D eigenvalue weighted by molar-refractivity contribution is -0.139. The van der Waals surface area contributed by atoms with Gasteiger partial charge in [0.05, 0.1) is 18.2 Å². The lowest BCUT2D eigenvalue weighted by atomic mass is 9.85. The molecule has 0 aromatic rings. The molecule has 1 aliphatic carbocycles. The van der Waals surface area contributed by atoms with E-state index in [1.54, 1.807) is 0 Å². The van der Waals surface area contributed by atoms with Crippen LogP contribution in [0.25, 0.3) is 0 Å². The van der Waals surface area contributed by atoms with E-state index in [1.807, 2.05) is 16.7 Å². The van der Waals surface area contributed by atoms with Crippen molar-refractivity contribution in [2.24, 2.45) is 0 Å². The van der Waals surface area contributed by atoms with Crippen LogP contribution in [0.4, 0.5) is 4.79 Å². The Morgan fingerprint density at radius 2 is 1.84 bits per heavy atom. The van der Waals surface area contributed by atoms with E-state index in [9.17, 15) is 9.59 Å². The summed E-state index contributed by atoms with van der Waals surface area (Å²) in [5, 5.41) is 12.0. The van der Waals surface area contributed by atoms with Gasteiger partial charge >= 0.3 is 12.0 Å². The molecule has 2 fully saturated rings. The van der Waals surface area contributed by atoms with Gasteiger partial charge in [-0.2, -0.15) is 0 Å². The van der Waals surface area contributed by atoms with Crippen molar-refractivity contribution in [2.45, 2.75) is 77.2 Å². The average Bonchev–Trinajstić information content (AvgIpc) is 2.47. The Morgan fingerprint density at radius 1 is 1.24 bits per heavy atom. The van der Waals surface area contributed by atoms with E-state index in [0.29, 0.717) is 0 Å². The minimum absolute atomic E-state index is 0.000980.